The highest BCUT2D eigenvalue weighted by molar-refractivity contribution is 5.94. The third kappa shape index (κ3) is 11.9. The molecule has 3 aliphatic heterocycles. The number of aromatic nitrogens is 1. The normalized spacial score (nSPS) is 18.7. The van der Waals surface area contributed by atoms with Gasteiger partial charge in [0.05, 0.1) is 29.8 Å². The average Bonchev–Trinajstić information content (AvgIpc) is 3.40. The van der Waals surface area contributed by atoms with E-state index in [9.17, 15) is 29.4 Å². The maximum Gasteiger partial charge on any atom is 0.408 e. The Hall–Kier alpha value is -7.00. The lowest BCUT2D eigenvalue weighted by molar-refractivity contribution is -0.0336. The summed E-state index contributed by atoms with van der Waals surface area (Å²) in [5.74, 6) is 0.387. The van der Waals surface area contributed by atoms with Crippen molar-refractivity contribution >= 4 is 28.9 Å². The van der Waals surface area contributed by atoms with Crippen molar-refractivity contribution < 1.29 is 38.8 Å². The van der Waals surface area contributed by atoms with Gasteiger partial charge in [-0.25, -0.2) is 9.59 Å². The molecule has 2 bridgehead atoms. The molecule has 0 unspecified atom stereocenters. The quantitative estimate of drug-likeness (QED) is 0.0524. The first-order valence-electron chi connectivity index (χ1n) is 24.5. The number of aliphatic hydroxyl groups excluding tert-OH is 1. The lowest BCUT2D eigenvalue weighted by atomic mass is 9.86. The van der Waals surface area contributed by atoms with Gasteiger partial charge in [-0.1, -0.05) is 92.1 Å². The first-order chi connectivity index (χ1) is 34.1. The molecule has 1 aromatic heterocycles. The molecule has 5 N–H and O–H groups in total. The third-order valence-corrected chi connectivity index (χ3v) is 14.0. The summed E-state index contributed by atoms with van der Waals surface area (Å²) in [6, 6.07) is 37.6. The molecule has 3 saturated heterocycles. The molecule has 10 rings (SSSR count). The summed E-state index contributed by atoms with van der Waals surface area (Å²) in [7, 11) is 0. The Morgan fingerprint density at radius 3 is 2.26 bits per heavy atom. The van der Waals surface area contributed by atoms with Gasteiger partial charge < -0.3 is 44.9 Å². The highest BCUT2D eigenvalue weighted by atomic mass is 16.6. The summed E-state index contributed by atoms with van der Waals surface area (Å²) in [5.41, 5.74) is 5.02. The summed E-state index contributed by atoms with van der Waals surface area (Å²) < 4.78 is 18.0. The highest BCUT2D eigenvalue weighted by Gasteiger charge is 2.37. The van der Waals surface area contributed by atoms with Crippen LogP contribution in [0.15, 0.2) is 132 Å². The number of rotatable bonds is 18. The Balaban J connectivity index is 0.758. The fourth-order valence-electron chi connectivity index (χ4n) is 10.1. The number of nitrogens with zero attached hydrogens (tertiary/aromatic N) is 2. The van der Waals surface area contributed by atoms with Crippen LogP contribution in [-0.2, 0) is 22.6 Å². The lowest BCUT2D eigenvalue weighted by Gasteiger charge is -2.43. The molecule has 1 saturated carbocycles. The van der Waals surface area contributed by atoms with E-state index in [1.54, 1.807) is 36.4 Å². The summed E-state index contributed by atoms with van der Waals surface area (Å²) in [5, 5.41) is 28.1. The number of aliphatic hydroxyl groups is 1. The smallest absolute Gasteiger partial charge is 0.408 e. The van der Waals surface area contributed by atoms with Gasteiger partial charge in [0, 0.05) is 42.7 Å². The average molecular weight is 948 g/mol. The number of nitrogens with one attached hydrogen (secondary N) is 3. The third-order valence-electron chi connectivity index (χ3n) is 14.0. The molecule has 5 aromatic carbocycles. The molecule has 0 radical (unpaired) electrons. The molecule has 70 heavy (non-hydrogen) atoms. The van der Waals surface area contributed by atoms with E-state index >= 15 is 0 Å². The number of alkyl carbamates (subject to hydrolysis) is 1. The van der Waals surface area contributed by atoms with Gasteiger partial charge in [-0.05, 0) is 121 Å². The van der Waals surface area contributed by atoms with Crippen LogP contribution in [0.1, 0.15) is 106 Å². The van der Waals surface area contributed by atoms with E-state index in [1.165, 1.54) is 12.1 Å². The number of carbonyl (C=O) groups is 3. The van der Waals surface area contributed by atoms with E-state index in [4.69, 9.17) is 14.2 Å². The number of phenols is 1. The largest absolute Gasteiger partial charge is 0.506 e. The monoisotopic (exact) mass is 947 g/mol. The number of ether oxygens (including phenoxy) is 3. The number of aromatic hydroxyl groups is 1. The predicted molar refractivity (Wildman–Crippen MR) is 266 cm³/mol. The summed E-state index contributed by atoms with van der Waals surface area (Å²) in [6.45, 7) is 4.16. The Morgan fingerprint density at radius 1 is 0.786 bits per heavy atom. The Bertz CT molecular complexity index is 2790. The van der Waals surface area contributed by atoms with Crippen LogP contribution in [0.25, 0.3) is 10.9 Å². The Kier molecular flexibility index (Phi) is 15.5. The Labute approximate surface area is 407 Å². The van der Waals surface area contributed by atoms with Crippen LogP contribution in [0.5, 0.6) is 11.5 Å². The molecule has 4 fully saturated rings. The van der Waals surface area contributed by atoms with Crippen molar-refractivity contribution in [2.24, 2.45) is 5.92 Å². The molecule has 4 heterocycles. The van der Waals surface area contributed by atoms with Gasteiger partial charge in [-0.15, -0.1) is 0 Å². The predicted octanol–water partition coefficient (Wildman–Crippen LogP) is 8.18. The number of piperidine rings is 3. The number of hydrogen-bond acceptors (Lipinski definition) is 11. The summed E-state index contributed by atoms with van der Waals surface area (Å²) in [4.78, 5) is 59.2. The molecule has 364 valence electrons. The van der Waals surface area contributed by atoms with Crippen LogP contribution in [0.2, 0.25) is 0 Å². The number of carbonyl (C=O) groups excluding carboxylic acids is 3. The van der Waals surface area contributed by atoms with Crippen LogP contribution >= 0.6 is 0 Å². The number of pyridine rings is 1. The van der Waals surface area contributed by atoms with Crippen LogP contribution in [-0.4, -0.2) is 94.4 Å². The zero-order valence-corrected chi connectivity index (χ0v) is 39.3. The van der Waals surface area contributed by atoms with Crippen molar-refractivity contribution in [3.63, 3.8) is 0 Å². The van der Waals surface area contributed by atoms with E-state index in [1.807, 2.05) is 83.8 Å². The van der Waals surface area contributed by atoms with Gasteiger partial charge in [0.25, 0.3) is 5.91 Å². The molecule has 14 nitrogen and oxygen atoms in total. The summed E-state index contributed by atoms with van der Waals surface area (Å²) >= 11 is 0. The number of fused-ring (bicyclic) bond motifs is 4. The number of amides is 2. The van der Waals surface area contributed by atoms with Gasteiger partial charge in [-0.3, -0.25) is 14.5 Å². The number of aromatic amines is 1. The number of phenolic OH excluding ortho intramolecular Hbond substituents is 1. The topological polar surface area (TPSA) is 183 Å². The van der Waals surface area contributed by atoms with E-state index in [0.29, 0.717) is 40.3 Å². The van der Waals surface area contributed by atoms with Crippen molar-refractivity contribution in [3.05, 3.63) is 177 Å². The maximum atomic E-state index is 14.0. The minimum atomic E-state index is -0.897. The second-order valence-corrected chi connectivity index (χ2v) is 18.7. The summed E-state index contributed by atoms with van der Waals surface area (Å²) in [6.07, 6.45) is 5.66. The molecular formula is C56H61N5O9. The van der Waals surface area contributed by atoms with Crippen LogP contribution in [0.3, 0.4) is 0 Å². The molecule has 3 atom stereocenters. The number of H-pyrrole nitrogens is 1. The standard InChI is InChI=1S/C56H61N5O9/c62-48-24-22-46(47-23-25-51(64)58-53(47)48)49(63)34-57-33-37-14-18-41(19-15-37)54(65)61(44-11-5-2-6-12-44)30-31-68-55(66)42-20-16-38(17-21-42)36-69-45-13-7-10-43(32-45)52(40-8-3-1-4-9-40)59-56(67)70-50-35-60-28-26-39(50)27-29-60/h1,3-4,7-10,13-25,32,39,44,49-50,52,57,62-63H,2,5-6,11-12,26-31,33-36H2,(H,58,64)(H,59,67)/t49-,50-,52-/m0/s1. The van der Waals surface area contributed by atoms with Crippen LogP contribution < -0.4 is 20.9 Å². The van der Waals surface area contributed by atoms with Gasteiger partial charge >= 0.3 is 12.1 Å². The lowest BCUT2D eigenvalue weighted by Crippen LogP contribution is -2.52. The van der Waals surface area contributed by atoms with E-state index in [-0.39, 0.29) is 61.2 Å². The van der Waals surface area contributed by atoms with Crippen molar-refractivity contribution in [3.8, 4) is 11.5 Å². The number of esters is 1. The van der Waals surface area contributed by atoms with E-state index < -0.39 is 24.2 Å². The fourth-order valence-corrected chi connectivity index (χ4v) is 10.1. The molecule has 1 aliphatic carbocycles. The van der Waals surface area contributed by atoms with E-state index in [0.717, 1.165) is 86.8 Å². The van der Waals surface area contributed by atoms with Gasteiger partial charge in [0.1, 0.15) is 30.8 Å². The minimum absolute atomic E-state index is 0.0494. The number of benzene rings is 5. The van der Waals surface area contributed by atoms with Gasteiger partial charge in [0.2, 0.25) is 5.56 Å². The van der Waals surface area contributed by atoms with Crippen molar-refractivity contribution in [2.45, 2.75) is 82.4 Å². The first-order valence-corrected chi connectivity index (χ1v) is 24.5. The van der Waals surface area contributed by atoms with Crippen LogP contribution in [0.4, 0.5) is 4.79 Å². The van der Waals surface area contributed by atoms with Crippen molar-refractivity contribution in [1.29, 1.82) is 0 Å². The fraction of sp³-hybridized carbons (Fsp3) is 0.357. The molecule has 2 amide bonds. The SMILES string of the molecule is O=C(N[C@@H](c1ccccc1)c1cccc(OCc2ccc(C(=O)OCCN(C(=O)c3ccc(CNC[C@H](O)c4ccc(O)c5[nH]c(=O)ccc45)cc3)C3CCCCC3)cc2)c1)O[C@H]1CN2CCC1CC2. The number of hydrogen-bond donors (Lipinski definition) is 5. The van der Waals surface area contributed by atoms with Gasteiger partial charge in [0.15, 0.2) is 0 Å². The molecule has 0 spiro atoms. The first kappa shape index (κ1) is 48.0. The molecular weight excluding hydrogens is 887 g/mol. The van der Waals surface area contributed by atoms with Crippen molar-refractivity contribution in [1.82, 2.24) is 25.4 Å². The van der Waals surface area contributed by atoms with Gasteiger partial charge in [-0.2, -0.15) is 0 Å². The highest BCUT2D eigenvalue weighted by Crippen LogP contribution is 2.32. The minimum Gasteiger partial charge on any atom is -0.506 e. The Morgan fingerprint density at radius 2 is 1.51 bits per heavy atom. The second kappa shape index (κ2) is 22.6. The second-order valence-electron chi connectivity index (χ2n) is 18.7. The van der Waals surface area contributed by atoms with Crippen molar-refractivity contribution in [2.75, 3.05) is 39.3 Å². The maximum absolute atomic E-state index is 14.0. The zero-order chi connectivity index (χ0) is 48.4. The van der Waals surface area contributed by atoms with Crippen LogP contribution in [0, 0.1) is 5.92 Å². The molecule has 4 aliphatic rings. The van der Waals surface area contributed by atoms with E-state index in [2.05, 4.69) is 20.5 Å². The molecule has 14 heteroatoms. The molecule has 6 aromatic rings. The zero-order valence-electron chi connectivity index (χ0n) is 39.3.